The van der Waals surface area contributed by atoms with Crippen LogP contribution in [0.5, 0.6) is 0 Å². The third-order valence-electron chi connectivity index (χ3n) is 5.23. The van der Waals surface area contributed by atoms with Gasteiger partial charge in [-0.1, -0.05) is 30.7 Å². The zero-order chi connectivity index (χ0) is 24.9. The van der Waals surface area contributed by atoms with Gasteiger partial charge in [0.2, 0.25) is 5.62 Å². The number of H-pyrrole nitrogens is 1. The Morgan fingerprint density at radius 2 is 1.91 bits per heavy atom. The minimum absolute atomic E-state index is 0.0990. The summed E-state index contributed by atoms with van der Waals surface area (Å²) in [5.41, 5.74) is 1.11. The number of hydrogen-bond acceptors (Lipinski definition) is 7. The van der Waals surface area contributed by atoms with E-state index in [0.29, 0.717) is 10.7 Å². The number of aryl methyl sites for hydroxylation is 1. The van der Waals surface area contributed by atoms with Crippen molar-refractivity contribution in [3.05, 3.63) is 84.6 Å². The average Bonchev–Trinajstić information content (AvgIpc) is 3.25. The highest BCUT2D eigenvalue weighted by Gasteiger charge is 2.12. The van der Waals surface area contributed by atoms with Gasteiger partial charge in [0.25, 0.3) is 0 Å². The fourth-order valence-corrected chi connectivity index (χ4v) is 4.56. The summed E-state index contributed by atoms with van der Waals surface area (Å²) in [4.78, 5) is 49.8. The Labute approximate surface area is 209 Å². The fourth-order valence-electron chi connectivity index (χ4n) is 3.49. The molecule has 182 valence electrons. The van der Waals surface area contributed by atoms with E-state index in [2.05, 4.69) is 15.0 Å². The van der Waals surface area contributed by atoms with Crippen LogP contribution in [0, 0.1) is 0 Å². The molecule has 0 amide bonds. The first-order valence-corrected chi connectivity index (χ1v) is 12.4. The number of esters is 1. The molecule has 0 aliphatic carbocycles. The van der Waals surface area contributed by atoms with Gasteiger partial charge in [0.05, 0.1) is 40.5 Å². The predicted octanol–water partition coefficient (Wildman–Crippen LogP) is 3.40. The molecule has 1 N–H and O–H groups in total. The van der Waals surface area contributed by atoms with Crippen LogP contribution in [0.2, 0.25) is 5.02 Å². The number of ether oxygens (including phenoxy) is 1. The van der Waals surface area contributed by atoms with E-state index in [1.807, 2.05) is 19.1 Å². The smallest absolute Gasteiger partial charge is 0.335 e. The lowest BCUT2D eigenvalue weighted by molar-refractivity contribution is -0.143. The predicted molar refractivity (Wildman–Crippen MR) is 135 cm³/mol. The van der Waals surface area contributed by atoms with Crippen molar-refractivity contribution in [1.82, 2.24) is 19.1 Å². The van der Waals surface area contributed by atoms with Crippen LogP contribution in [0.3, 0.4) is 0 Å². The number of benzene rings is 2. The minimum Gasteiger partial charge on any atom is -0.466 e. The molecular weight excluding hydrogens is 490 g/mol. The van der Waals surface area contributed by atoms with Crippen LogP contribution in [0.1, 0.15) is 30.8 Å². The molecule has 11 heteroatoms. The monoisotopic (exact) mass is 513 g/mol. The van der Waals surface area contributed by atoms with Gasteiger partial charge in [-0.25, -0.2) is 24.1 Å². The van der Waals surface area contributed by atoms with Crippen molar-refractivity contribution < 1.29 is 9.53 Å². The van der Waals surface area contributed by atoms with Crippen LogP contribution in [-0.2, 0) is 29.0 Å². The van der Waals surface area contributed by atoms with Crippen LogP contribution in [-0.4, -0.2) is 31.7 Å². The van der Waals surface area contributed by atoms with Gasteiger partial charge in [0.1, 0.15) is 0 Å². The van der Waals surface area contributed by atoms with Crippen molar-refractivity contribution in [2.75, 3.05) is 6.61 Å². The molecule has 0 saturated carbocycles. The topological polar surface area (TPSA) is 111 Å². The Bertz CT molecular complexity index is 1550. The van der Waals surface area contributed by atoms with E-state index in [0.717, 1.165) is 31.8 Å². The normalized spacial score (nSPS) is 11.8. The van der Waals surface area contributed by atoms with Crippen molar-refractivity contribution in [2.45, 2.75) is 39.8 Å². The Hall–Kier alpha value is -3.50. The van der Waals surface area contributed by atoms with Gasteiger partial charge >= 0.3 is 17.3 Å². The Morgan fingerprint density at radius 3 is 2.63 bits per heavy atom. The van der Waals surface area contributed by atoms with Crippen molar-refractivity contribution in [2.24, 2.45) is 4.99 Å². The number of fused-ring (bicyclic) bond motifs is 1. The van der Waals surface area contributed by atoms with E-state index in [9.17, 15) is 14.4 Å². The van der Waals surface area contributed by atoms with Crippen molar-refractivity contribution in [1.29, 1.82) is 0 Å². The van der Waals surface area contributed by atoms with Crippen LogP contribution in [0.15, 0.2) is 57.0 Å². The molecule has 0 aliphatic heterocycles. The summed E-state index contributed by atoms with van der Waals surface area (Å²) < 4.78 is 8.23. The Morgan fingerprint density at radius 1 is 1.14 bits per heavy atom. The summed E-state index contributed by atoms with van der Waals surface area (Å²) >= 11 is 7.58. The molecule has 0 atom stereocenters. The molecule has 2 aromatic carbocycles. The van der Waals surface area contributed by atoms with E-state index in [1.54, 1.807) is 48.6 Å². The summed E-state index contributed by atoms with van der Waals surface area (Å²) in [6.07, 6.45) is 0.736. The number of halogens is 1. The number of nitrogens with zero attached hydrogens (tertiary/aromatic N) is 4. The molecule has 35 heavy (non-hydrogen) atoms. The molecule has 0 fully saturated rings. The minimum atomic E-state index is -0.655. The maximum absolute atomic E-state index is 13.4. The number of carbonyl (C=O) groups excluding carboxylic acids is 1. The maximum atomic E-state index is 13.4. The maximum Gasteiger partial charge on any atom is 0.335 e. The molecule has 2 aromatic heterocycles. The summed E-state index contributed by atoms with van der Waals surface area (Å²) in [7, 11) is 0. The molecule has 0 bridgehead atoms. The number of aromatic nitrogens is 4. The molecule has 0 saturated heterocycles. The molecule has 0 radical (unpaired) electrons. The molecule has 4 rings (SSSR count). The van der Waals surface area contributed by atoms with Crippen LogP contribution >= 0.6 is 22.9 Å². The second-order valence-electron chi connectivity index (χ2n) is 7.68. The number of aromatic amines is 1. The molecule has 0 unspecified atom stereocenters. The fraction of sp³-hybridized carbons (Fsp3) is 0.292. The van der Waals surface area contributed by atoms with E-state index in [1.165, 1.54) is 4.57 Å². The number of carbonyl (C=O) groups is 1. The van der Waals surface area contributed by atoms with Crippen LogP contribution in [0.25, 0.3) is 10.2 Å². The molecule has 0 aliphatic rings. The first-order chi connectivity index (χ1) is 16.9. The summed E-state index contributed by atoms with van der Waals surface area (Å²) in [6.45, 7) is 4.00. The van der Waals surface area contributed by atoms with Crippen molar-refractivity contribution in [3.8, 4) is 0 Å². The Kier molecular flexibility index (Phi) is 7.62. The lowest BCUT2D eigenvalue weighted by atomic mass is 10.2. The second-order valence-corrected chi connectivity index (χ2v) is 9.23. The van der Waals surface area contributed by atoms with Gasteiger partial charge < -0.3 is 4.74 Å². The van der Waals surface area contributed by atoms with Crippen molar-refractivity contribution >= 4 is 44.8 Å². The molecule has 0 spiro atoms. The zero-order valence-corrected chi connectivity index (χ0v) is 20.9. The van der Waals surface area contributed by atoms with Gasteiger partial charge in [0.15, 0.2) is 0 Å². The third-order valence-corrected chi connectivity index (χ3v) is 6.65. The van der Waals surface area contributed by atoms with Crippen LogP contribution in [0.4, 0.5) is 5.69 Å². The summed E-state index contributed by atoms with van der Waals surface area (Å²) in [6, 6.07) is 12.6. The number of thiazole rings is 1. The largest absolute Gasteiger partial charge is 0.466 e. The quantitative estimate of drug-likeness (QED) is 0.363. The zero-order valence-electron chi connectivity index (χ0n) is 19.3. The number of hydrogen-bond donors (Lipinski definition) is 1. The standard InChI is InChI=1S/C24H24ClN5O4S/c1-3-20-27-18-10-9-17(13-19(18)35-20)26-22-28-23(32)29(12-11-21(31)34-4-2)24(33)30(22)14-15-5-7-16(25)8-6-15/h5-10,13H,3-4,11-12,14H2,1-2H3,(H,26,28,32). The van der Waals surface area contributed by atoms with Gasteiger partial charge in [0, 0.05) is 11.6 Å². The average molecular weight is 514 g/mol. The van der Waals surface area contributed by atoms with E-state index in [4.69, 9.17) is 16.3 Å². The first-order valence-electron chi connectivity index (χ1n) is 11.2. The van der Waals surface area contributed by atoms with Gasteiger partial charge in [-0.3, -0.25) is 14.3 Å². The molecule has 2 heterocycles. The highest BCUT2D eigenvalue weighted by molar-refractivity contribution is 7.18. The summed E-state index contributed by atoms with van der Waals surface area (Å²) in [5.74, 6) is -0.485. The number of rotatable bonds is 8. The first kappa shape index (κ1) is 24.6. The second kappa shape index (κ2) is 10.8. The van der Waals surface area contributed by atoms with Crippen LogP contribution < -0.4 is 17.0 Å². The summed E-state index contributed by atoms with van der Waals surface area (Å²) in [5, 5.41) is 1.59. The van der Waals surface area contributed by atoms with E-state index >= 15 is 0 Å². The highest BCUT2D eigenvalue weighted by Crippen LogP contribution is 2.26. The third kappa shape index (κ3) is 5.77. The SMILES string of the molecule is CCOC(=O)CCn1c(=O)[nH]/c(=N\c2ccc3nc(CC)sc3c2)n(Cc2ccc(Cl)cc2)c1=O. The van der Waals surface area contributed by atoms with E-state index in [-0.39, 0.29) is 31.7 Å². The highest BCUT2D eigenvalue weighted by atomic mass is 35.5. The van der Waals surface area contributed by atoms with Gasteiger partial charge in [-0.15, -0.1) is 11.3 Å². The molecule has 4 aromatic rings. The van der Waals surface area contributed by atoms with Crippen molar-refractivity contribution in [3.63, 3.8) is 0 Å². The van der Waals surface area contributed by atoms with Gasteiger partial charge in [-0.05, 0) is 49.2 Å². The van der Waals surface area contributed by atoms with Gasteiger partial charge in [-0.2, -0.15) is 0 Å². The number of nitrogens with one attached hydrogen (secondary N) is 1. The Balaban J connectivity index is 1.81. The lowest BCUT2D eigenvalue weighted by Crippen LogP contribution is -2.50. The molecular formula is C24H24ClN5O4S. The molecule has 9 nitrogen and oxygen atoms in total. The lowest BCUT2D eigenvalue weighted by Gasteiger charge is -2.11. The van der Waals surface area contributed by atoms with E-state index < -0.39 is 17.3 Å².